The van der Waals surface area contributed by atoms with Gasteiger partial charge >= 0.3 is 29.6 Å². The van der Waals surface area contributed by atoms with Gasteiger partial charge in [-0.15, -0.1) is 0 Å². The molecule has 0 heterocycles. The number of carbonyl (C=O) groups is 1. The molecule has 0 atom stereocenters. The number of benzene rings is 1. The molecule has 0 fully saturated rings. The Balaban J connectivity index is 0.00000144. The molecular formula is C7H2Cl2FNaO2. The van der Waals surface area contributed by atoms with E-state index in [1.165, 1.54) is 0 Å². The van der Waals surface area contributed by atoms with Crippen molar-refractivity contribution in [1.82, 2.24) is 0 Å². The topological polar surface area (TPSA) is 40.1 Å². The van der Waals surface area contributed by atoms with Gasteiger partial charge in [0, 0.05) is 5.56 Å². The van der Waals surface area contributed by atoms with E-state index in [0.29, 0.717) is 0 Å². The normalized spacial score (nSPS) is 9.15. The van der Waals surface area contributed by atoms with Gasteiger partial charge in [-0.1, -0.05) is 23.2 Å². The number of halogens is 3. The molecule has 1 rings (SSSR count). The van der Waals surface area contributed by atoms with Crippen molar-refractivity contribution in [3.8, 4) is 0 Å². The zero-order valence-corrected chi connectivity index (χ0v) is 10.1. The molecule has 0 aromatic heterocycles. The summed E-state index contributed by atoms with van der Waals surface area (Å²) in [6, 6.07) is 2.19. The average molecular weight is 231 g/mol. The van der Waals surface area contributed by atoms with Crippen LogP contribution < -0.4 is 34.7 Å². The third-order valence-electron chi connectivity index (χ3n) is 1.26. The molecule has 0 saturated carbocycles. The first kappa shape index (κ1) is 13.2. The van der Waals surface area contributed by atoms with E-state index in [1.54, 1.807) is 0 Å². The van der Waals surface area contributed by atoms with Crippen LogP contribution in [-0.4, -0.2) is 5.97 Å². The van der Waals surface area contributed by atoms with Crippen molar-refractivity contribution in [1.29, 1.82) is 0 Å². The molecule has 0 N–H and O–H groups in total. The van der Waals surface area contributed by atoms with Crippen molar-refractivity contribution < 1.29 is 43.8 Å². The Morgan fingerprint density at radius 2 is 1.92 bits per heavy atom. The fraction of sp³-hybridized carbons (Fsp3) is 0. The monoisotopic (exact) mass is 230 g/mol. The van der Waals surface area contributed by atoms with Crippen molar-refractivity contribution in [2.45, 2.75) is 0 Å². The molecule has 0 spiro atoms. The van der Waals surface area contributed by atoms with Crippen LogP contribution in [0.2, 0.25) is 10.0 Å². The van der Waals surface area contributed by atoms with Crippen LogP contribution in [0.1, 0.15) is 10.4 Å². The summed E-state index contributed by atoms with van der Waals surface area (Å²) in [5, 5.41) is 9.54. The molecule has 6 heteroatoms. The van der Waals surface area contributed by atoms with Gasteiger partial charge in [0.1, 0.15) is 0 Å². The minimum atomic E-state index is -1.53. The Morgan fingerprint density at radius 3 is 2.38 bits per heavy atom. The molecule has 2 nitrogen and oxygen atoms in total. The predicted molar refractivity (Wildman–Crippen MR) is 40.8 cm³/mol. The van der Waals surface area contributed by atoms with Gasteiger partial charge in [-0.2, -0.15) is 0 Å². The smallest absolute Gasteiger partial charge is 0.545 e. The van der Waals surface area contributed by atoms with Crippen LogP contribution in [0.5, 0.6) is 0 Å². The third kappa shape index (κ3) is 2.82. The van der Waals surface area contributed by atoms with Gasteiger partial charge in [0.05, 0.1) is 16.0 Å². The number of carbonyl (C=O) groups excluding carboxylic acids is 1. The largest absolute Gasteiger partial charge is 1.00 e. The SMILES string of the molecule is O=C([O-])c1ccc(Cl)c(F)c1Cl.[Na+]. The maximum atomic E-state index is 12.8. The molecule has 0 unspecified atom stereocenters. The number of hydrogen-bond acceptors (Lipinski definition) is 2. The zero-order chi connectivity index (χ0) is 9.30. The van der Waals surface area contributed by atoms with Crippen LogP contribution in [-0.2, 0) is 0 Å². The van der Waals surface area contributed by atoms with Crippen LogP contribution in [0, 0.1) is 5.82 Å². The van der Waals surface area contributed by atoms with Crippen LogP contribution in [0.15, 0.2) is 12.1 Å². The number of hydrogen-bond donors (Lipinski definition) is 0. The molecule has 13 heavy (non-hydrogen) atoms. The van der Waals surface area contributed by atoms with Crippen molar-refractivity contribution in [3.63, 3.8) is 0 Å². The molecule has 0 aliphatic carbocycles. The Morgan fingerprint density at radius 1 is 1.38 bits per heavy atom. The van der Waals surface area contributed by atoms with Gasteiger partial charge in [0.15, 0.2) is 5.82 Å². The van der Waals surface area contributed by atoms with Crippen molar-refractivity contribution >= 4 is 29.2 Å². The molecule has 0 aliphatic heterocycles. The second-order valence-electron chi connectivity index (χ2n) is 2.01. The molecule has 0 amide bonds. The summed E-state index contributed by atoms with van der Waals surface area (Å²) in [7, 11) is 0. The average Bonchev–Trinajstić information content (AvgIpc) is 2.00. The summed E-state index contributed by atoms with van der Waals surface area (Å²) >= 11 is 10.6. The van der Waals surface area contributed by atoms with Gasteiger partial charge in [-0.3, -0.25) is 0 Å². The van der Waals surface area contributed by atoms with E-state index in [1.807, 2.05) is 0 Å². The van der Waals surface area contributed by atoms with E-state index in [-0.39, 0.29) is 34.6 Å². The Bertz CT molecular complexity index is 344. The zero-order valence-electron chi connectivity index (χ0n) is 6.61. The fourth-order valence-corrected chi connectivity index (χ4v) is 1.13. The minimum absolute atomic E-state index is 0. The first-order valence-electron chi connectivity index (χ1n) is 2.89. The molecular weight excluding hydrogens is 229 g/mol. The maximum absolute atomic E-state index is 12.8. The van der Waals surface area contributed by atoms with E-state index in [2.05, 4.69) is 0 Å². The fourth-order valence-electron chi connectivity index (χ4n) is 0.684. The first-order chi connectivity index (χ1) is 5.54. The Labute approximate surface area is 106 Å². The van der Waals surface area contributed by atoms with Crippen LogP contribution in [0.4, 0.5) is 4.39 Å². The van der Waals surface area contributed by atoms with E-state index in [9.17, 15) is 14.3 Å². The van der Waals surface area contributed by atoms with Gasteiger partial charge in [-0.05, 0) is 12.1 Å². The van der Waals surface area contributed by atoms with Crippen LogP contribution in [0.25, 0.3) is 0 Å². The number of carboxylic acids is 1. The van der Waals surface area contributed by atoms with E-state index in [0.717, 1.165) is 12.1 Å². The molecule has 1 aromatic carbocycles. The minimum Gasteiger partial charge on any atom is -0.545 e. The predicted octanol–water partition coefficient (Wildman–Crippen LogP) is -1.50. The summed E-state index contributed by atoms with van der Waals surface area (Å²) < 4.78 is 12.8. The molecule has 1 aromatic rings. The second-order valence-corrected chi connectivity index (χ2v) is 2.80. The summed E-state index contributed by atoms with van der Waals surface area (Å²) in [5.74, 6) is -2.48. The van der Waals surface area contributed by atoms with Crippen molar-refractivity contribution in [3.05, 3.63) is 33.6 Å². The summed E-state index contributed by atoms with van der Waals surface area (Å²) in [4.78, 5) is 10.3. The van der Waals surface area contributed by atoms with E-state index in [4.69, 9.17) is 23.2 Å². The Hall–Kier alpha value is 0.200. The maximum Gasteiger partial charge on any atom is 1.00 e. The third-order valence-corrected chi connectivity index (χ3v) is 1.92. The van der Waals surface area contributed by atoms with Gasteiger partial charge in [-0.25, -0.2) is 4.39 Å². The summed E-state index contributed by atoms with van der Waals surface area (Å²) in [5.41, 5.74) is -0.404. The first-order valence-corrected chi connectivity index (χ1v) is 3.64. The number of rotatable bonds is 1. The summed E-state index contributed by atoms with van der Waals surface area (Å²) in [6.45, 7) is 0. The number of aromatic carboxylic acids is 1. The number of carboxylic acid groups (broad SMARTS) is 1. The van der Waals surface area contributed by atoms with E-state index < -0.39 is 22.4 Å². The molecule has 0 saturated heterocycles. The molecule has 0 bridgehead atoms. The van der Waals surface area contributed by atoms with Gasteiger partial charge in [0.25, 0.3) is 0 Å². The van der Waals surface area contributed by atoms with Crippen molar-refractivity contribution in [2.75, 3.05) is 0 Å². The quantitative estimate of drug-likeness (QED) is 0.436. The molecule has 0 aliphatic rings. The molecule has 0 radical (unpaired) electrons. The summed E-state index contributed by atoms with van der Waals surface area (Å²) in [6.07, 6.45) is 0. The van der Waals surface area contributed by atoms with E-state index >= 15 is 0 Å². The standard InChI is InChI=1S/C7H3Cl2FO2.Na/c8-4-2-1-3(7(11)12)5(9)6(4)10;/h1-2H,(H,11,12);/q;+1/p-1. The van der Waals surface area contributed by atoms with Crippen molar-refractivity contribution in [2.24, 2.45) is 0 Å². The second kappa shape index (κ2) is 5.17. The van der Waals surface area contributed by atoms with Gasteiger partial charge < -0.3 is 9.90 Å². The van der Waals surface area contributed by atoms with Crippen LogP contribution in [0.3, 0.4) is 0 Å². The van der Waals surface area contributed by atoms with Gasteiger partial charge in [0.2, 0.25) is 0 Å². The Kier molecular flexibility index (Phi) is 5.25. The van der Waals surface area contributed by atoms with Crippen LogP contribution >= 0.6 is 23.2 Å². The molecule has 64 valence electrons.